The molecule has 2 N–H and O–H groups in total. The van der Waals surface area contributed by atoms with Crippen molar-refractivity contribution in [3.05, 3.63) is 64.7 Å². The van der Waals surface area contributed by atoms with Crippen molar-refractivity contribution < 1.29 is 15.0 Å². The normalized spacial score (nSPS) is 10.3. The van der Waals surface area contributed by atoms with E-state index < -0.39 is 5.97 Å². The molecule has 3 heteroatoms. The molecule has 0 aromatic heterocycles. The topological polar surface area (TPSA) is 57.5 Å². The molecule has 0 amide bonds. The second kappa shape index (κ2) is 4.92. The lowest BCUT2D eigenvalue weighted by atomic mass is 10.0. The Labute approximate surface area is 105 Å². The van der Waals surface area contributed by atoms with E-state index in [0.29, 0.717) is 6.42 Å². The van der Waals surface area contributed by atoms with Gasteiger partial charge in [0.1, 0.15) is 11.3 Å². The molecule has 3 nitrogen and oxygen atoms in total. The Morgan fingerprint density at radius 3 is 2.28 bits per heavy atom. The molecule has 0 radical (unpaired) electrons. The quantitative estimate of drug-likeness (QED) is 0.869. The summed E-state index contributed by atoms with van der Waals surface area (Å²) in [5.74, 6) is -1.31. The van der Waals surface area contributed by atoms with Gasteiger partial charge in [-0.3, -0.25) is 0 Å². The number of aromatic hydroxyl groups is 1. The molecule has 18 heavy (non-hydrogen) atoms. The Kier molecular flexibility index (Phi) is 3.33. The van der Waals surface area contributed by atoms with Crippen molar-refractivity contribution in [2.24, 2.45) is 0 Å². The Morgan fingerprint density at radius 1 is 1.06 bits per heavy atom. The maximum atomic E-state index is 10.9. The summed E-state index contributed by atoms with van der Waals surface area (Å²) >= 11 is 0. The van der Waals surface area contributed by atoms with Gasteiger partial charge in [-0.1, -0.05) is 35.9 Å². The van der Waals surface area contributed by atoms with E-state index in [4.69, 9.17) is 5.11 Å². The van der Waals surface area contributed by atoms with Crippen molar-refractivity contribution in [1.29, 1.82) is 0 Å². The first-order valence-electron chi connectivity index (χ1n) is 5.67. The molecule has 92 valence electrons. The van der Waals surface area contributed by atoms with Gasteiger partial charge >= 0.3 is 5.97 Å². The van der Waals surface area contributed by atoms with Crippen LogP contribution in [0.5, 0.6) is 5.75 Å². The lowest BCUT2D eigenvalue weighted by Crippen LogP contribution is -1.98. The minimum atomic E-state index is -1.11. The number of aromatic carboxylic acids is 1. The van der Waals surface area contributed by atoms with Crippen LogP contribution in [0.25, 0.3) is 0 Å². The highest BCUT2D eigenvalue weighted by molar-refractivity contribution is 5.90. The zero-order valence-electron chi connectivity index (χ0n) is 10.1. The Balaban J connectivity index is 2.27. The van der Waals surface area contributed by atoms with E-state index in [1.165, 1.54) is 17.7 Å². The number of hydrogen-bond donors (Lipinski definition) is 2. The highest BCUT2D eigenvalue weighted by Crippen LogP contribution is 2.20. The Morgan fingerprint density at radius 2 is 1.67 bits per heavy atom. The van der Waals surface area contributed by atoms with Gasteiger partial charge in [0.05, 0.1) is 0 Å². The summed E-state index contributed by atoms with van der Waals surface area (Å²) in [6.45, 7) is 2.02. The number of carbonyl (C=O) groups is 1. The summed E-state index contributed by atoms with van der Waals surface area (Å²) in [5.41, 5.74) is 3.12. The fraction of sp³-hybridized carbons (Fsp3) is 0.133. The van der Waals surface area contributed by atoms with Gasteiger partial charge in [-0.15, -0.1) is 0 Å². The minimum Gasteiger partial charge on any atom is -0.507 e. The number of aryl methyl sites for hydroxylation is 1. The van der Waals surface area contributed by atoms with Gasteiger partial charge in [-0.2, -0.15) is 0 Å². The van der Waals surface area contributed by atoms with E-state index in [2.05, 4.69) is 0 Å². The van der Waals surface area contributed by atoms with E-state index in [-0.39, 0.29) is 11.3 Å². The summed E-state index contributed by atoms with van der Waals surface area (Å²) < 4.78 is 0. The summed E-state index contributed by atoms with van der Waals surface area (Å²) in [6.07, 6.45) is 0.654. The lowest BCUT2D eigenvalue weighted by Gasteiger charge is -2.05. The van der Waals surface area contributed by atoms with Crippen molar-refractivity contribution in [3.63, 3.8) is 0 Å². The SMILES string of the molecule is Cc1ccc(Cc2ccc(O)c(C(=O)O)c2)cc1. The molecule has 2 aromatic rings. The van der Waals surface area contributed by atoms with Crippen LogP contribution in [0.1, 0.15) is 27.0 Å². The molecule has 0 spiro atoms. The van der Waals surface area contributed by atoms with Crippen molar-refractivity contribution in [1.82, 2.24) is 0 Å². The van der Waals surface area contributed by atoms with Gasteiger partial charge in [0.25, 0.3) is 0 Å². The second-order valence-corrected chi connectivity index (χ2v) is 4.32. The third-order valence-corrected chi connectivity index (χ3v) is 2.82. The maximum absolute atomic E-state index is 10.9. The zero-order valence-corrected chi connectivity index (χ0v) is 10.1. The molecule has 0 heterocycles. The lowest BCUT2D eigenvalue weighted by molar-refractivity contribution is 0.0693. The van der Waals surface area contributed by atoms with E-state index in [1.807, 2.05) is 31.2 Å². The molecular weight excluding hydrogens is 228 g/mol. The third-order valence-electron chi connectivity index (χ3n) is 2.82. The highest BCUT2D eigenvalue weighted by Gasteiger charge is 2.10. The van der Waals surface area contributed by atoms with Crippen LogP contribution in [0.15, 0.2) is 42.5 Å². The van der Waals surface area contributed by atoms with E-state index >= 15 is 0 Å². The first kappa shape index (κ1) is 12.2. The van der Waals surface area contributed by atoms with Crippen molar-refractivity contribution in [3.8, 4) is 5.75 Å². The standard InChI is InChI=1S/C15H14O3/c1-10-2-4-11(5-3-10)8-12-6-7-14(16)13(9-12)15(17)18/h2-7,9,16H,8H2,1H3,(H,17,18). The fourth-order valence-electron chi connectivity index (χ4n) is 1.81. The van der Waals surface area contributed by atoms with Gasteiger partial charge in [-0.05, 0) is 36.6 Å². The molecule has 2 aromatic carbocycles. The maximum Gasteiger partial charge on any atom is 0.339 e. The average molecular weight is 242 g/mol. The summed E-state index contributed by atoms with van der Waals surface area (Å²) in [7, 11) is 0. The average Bonchev–Trinajstić information content (AvgIpc) is 2.34. The van der Waals surface area contributed by atoms with Crippen LogP contribution in [-0.2, 0) is 6.42 Å². The minimum absolute atomic E-state index is 0.0559. The van der Waals surface area contributed by atoms with E-state index in [0.717, 1.165) is 11.1 Å². The predicted molar refractivity (Wildman–Crippen MR) is 69.1 cm³/mol. The Hall–Kier alpha value is -2.29. The van der Waals surface area contributed by atoms with Crippen molar-refractivity contribution in [2.45, 2.75) is 13.3 Å². The summed E-state index contributed by atoms with van der Waals surface area (Å²) in [5, 5.41) is 18.4. The molecule has 0 unspecified atom stereocenters. The fourth-order valence-corrected chi connectivity index (χ4v) is 1.81. The van der Waals surface area contributed by atoms with Gasteiger partial charge in [0.15, 0.2) is 0 Å². The van der Waals surface area contributed by atoms with Crippen LogP contribution < -0.4 is 0 Å². The van der Waals surface area contributed by atoms with Gasteiger partial charge in [-0.25, -0.2) is 4.79 Å². The van der Waals surface area contributed by atoms with Gasteiger partial charge < -0.3 is 10.2 Å². The monoisotopic (exact) mass is 242 g/mol. The first-order valence-corrected chi connectivity index (χ1v) is 5.67. The molecule has 0 aliphatic carbocycles. The van der Waals surface area contributed by atoms with Gasteiger partial charge in [0.2, 0.25) is 0 Å². The summed E-state index contributed by atoms with van der Waals surface area (Å²) in [4.78, 5) is 10.9. The molecule has 0 saturated heterocycles. The molecule has 0 atom stereocenters. The summed E-state index contributed by atoms with van der Waals surface area (Å²) in [6, 6.07) is 12.7. The van der Waals surface area contributed by atoms with Crippen LogP contribution in [0.4, 0.5) is 0 Å². The van der Waals surface area contributed by atoms with Gasteiger partial charge in [0, 0.05) is 0 Å². The predicted octanol–water partition coefficient (Wildman–Crippen LogP) is 2.99. The Bertz CT molecular complexity index is 571. The van der Waals surface area contributed by atoms with E-state index in [9.17, 15) is 9.90 Å². The molecule has 2 rings (SSSR count). The number of hydrogen-bond acceptors (Lipinski definition) is 2. The number of phenols is 1. The number of carboxylic acid groups (broad SMARTS) is 1. The largest absolute Gasteiger partial charge is 0.507 e. The molecule has 0 aliphatic rings. The van der Waals surface area contributed by atoms with Crippen molar-refractivity contribution in [2.75, 3.05) is 0 Å². The smallest absolute Gasteiger partial charge is 0.339 e. The van der Waals surface area contributed by atoms with Crippen LogP contribution in [0, 0.1) is 6.92 Å². The molecule has 0 fully saturated rings. The molecular formula is C15H14O3. The van der Waals surface area contributed by atoms with Crippen LogP contribution in [0.3, 0.4) is 0 Å². The van der Waals surface area contributed by atoms with E-state index in [1.54, 1.807) is 6.07 Å². The third kappa shape index (κ3) is 2.69. The van der Waals surface area contributed by atoms with Crippen LogP contribution in [-0.4, -0.2) is 16.2 Å². The number of carboxylic acids is 1. The second-order valence-electron chi connectivity index (χ2n) is 4.32. The van der Waals surface area contributed by atoms with Crippen molar-refractivity contribution >= 4 is 5.97 Å². The highest BCUT2D eigenvalue weighted by atomic mass is 16.4. The zero-order chi connectivity index (χ0) is 13.1. The molecule has 0 bridgehead atoms. The number of benzene rings is 2. The van der Waals surface area contributed by atoms with Crippen LogP contribution in [0.2, 0.25) is 0 Å². The number of rotatable bonds is 3. The molecule has 0 aliphatic heterocycles. The molecule has 0 saturated carbocycles. The first-order chi connectivity index (χ1) is 8.56. The van der Waals surface area contributed by atoms with Crippen LogP contribution >= 0.6 is 0 Å².